The van der Waals surface area contributed by atoms with Crippen molar-refractivity contribution in [3.8, 4) is 0 Å². The Morgan fingerprint density at radius 2 is 1.94 bits per heavy atom. The van der Waals surface area contributed by atoms with E-state index in [2.05, 4.69) is 15.5 Å². The lowest BCUT2D eigenvalue weighted by atomic mass is 9.86. The van der Waals surface area contributed by atoms with Gasteiger partial charge in [-0.1, -0.05) is 32.4 Å². The van der Waals surface area contributed by atoms with Crippen LogP contribution in [-0.2, 0) is 4.79 Å². The molecule has 0 aliphatic rings. The Bertz CT molecular complexity index is 454. The Morgan fingerprint density at radius 1 is 1.33 bits per heavy atom. The van der Waals surface area contributed by atoms with Crippen molar-refractivity contribution in [2.75, 3.05) is 0 Å². The number of nitrogens with zero attached hydrogens (tertiary/aromatic N) is 2. The number of amides is 1. The van der Waals surface area contributed by atoms with Crippen LogP contribution in [0, 0.1) is 5.41 Å². The lowest BCUT2D eigenvalue weighted by Crippen LogP contribution is -2.49. The van der Waals surface area contributed by atoms with E-state index >= 15 is 0 Å². The van der Waals surface area contributed by atoms with E-state index in [1.54, 1.807) is 20.8 Å². The molecule has 1 aromatic heterocycles. The third-order valence-electron chi connectivity index (χ3n) is 2.25. The zero-order valence-electron chi connectivity index (χ0n) is 10.3. The molecule has 0 aliphatic carbocycles. The Kier molecular flexibility index (Phi) is 4.24. The van der Waals surface area contributed by atoms with E-state index in [1.165, 1.54) is 12.1 Å². The standard InChI is InChI=1S/C11H14ClN3O3/c1-11(2,3)8(10(17)18)13-9(16)6-4-5-7(12)15-14-6/h4-5,8H,1-3H3,(H,13,16)(H,17,18)/t8-/m0/s1. The van der Waals surface area contributed by atoms with Crippen LogP contribution < -0.4 is 5.32 Å². The van der Waals surface area contributed by atoms with Crippen molar-refractivity contribution in [3.63, 3.8) is 0 Å². The zero-order chi connectivity index (χ0) is 13.9. The highest BCUT2D eigenvalue weighted by Crippen LogP contribution is 2.19. The van der Waals surface area contributed by atoms with E-state index in [-0.39, 0.29) is 10.8 Å². The maximum Gasteiger partial charge on any atom is 0.326 e. The fourth-order valence-electron chi connectivity index (χ4n) is 1.29. The van der Waals surface area contributed by atoms with Gasteiger partial charge >= 0.3 is 5.97 Å². The molecule has 0 radical (unpaired) electrons. The van der Waals surface area contributed by atoms with Gasteiger partial charge < -0.3 is 10.4 Å². The lowest BCUT2D eigenvalue weighted by Gasteiger charge is -2.27. The minimum Gasteiger partial charge on any atom is -0.480 e. The summed E-state index contributed by atoms with van der Waals surface area (Å²) in [6, 6.07) is 1.78. The van der Waals surface area contributed by atoms with Crippen molar-refractivity contribution < 1.29 is 14.7 Å². The minimum absolute atomic E-state index is 0.0231. The monoisotopic (exact) mass is 271 g/mol. The first-order valence-electron chi connectivity index (χ1n) is 5.24. The normalized spacial score (nSPS) is 12.9. The number of aliphatic carboxylic acids is 1. The van der Waals surface area contributed by atoms with Gasteiger partial charge in [0.1, 0.15) is 6.04 Å². The van der Waals surface area contributed by atoms with Crippen LogP contribution in [-0.4, -0.2) is 33.2 Å². The van der Waals surface area contributed by atoms with Gasteiger partial charge in [0.05, 0.1) is 0 Å². The number of halogens is 1. The fourth-order valence-corrected chi connectivity index (χ4v) is 1.39. The number of rotatable bonds is 3. The van der Waals surface area contributed by atoms with Crippen molar-refractivity contribution in [2.45, 2.75) is 26.8 Å². The number of carbonyl (C=O) groups excluding carboxylic acids is 1. The molecule has 0 fully saturated rings. The first kappa shape index (κ1) is 14.4. The second-order valence-electron chi connectivity index (χ2n) is 4.85. The molecule has 0 saturated heterocycles. The van der Waals surface area contributed by atoms with Gasteiger partial charge in [0, 0.05) is 0 Å². The minimum atomic E-state index is -1.10. The number of carboxylic acid groups (broad SMARTS) is 1. The Labute approximate surface area is 109 Å². The van der Waals surface area contributed by atoms with Crippen LogP contribution >= 0.6 is 11.6 Å². The van der Waals surface area contributed by atoms with Crippen LogP contribution in [0.1, 0.15) is 31.3 Å². The van der Waals surface area contributed by atoms with Gasteiger partial charge in [0.15, 0.2) is 10.8 Å². The van der Waals surface area contributed by atoms with Crippen LogP contribution in [0.5, 0.6) is 0 Å². The quantitative estimate of drug-likeness (QED) is 0.866. The van der Waals surface area contributed by atoms with Crippen LogP contribution in [0.25, 0.3) is 0 Å². The molecule has 0 aromatic carbocycles. The third-order valence-corrected chi connectivity index (χ3v) is 2.45. The summed E-state index contributed by atoms with van der Waals surface area (Å²) in [5.74, 6) is -1.70. The second-order valence-corrected chi connectivity index (χ2v) is 5.24. The molecule has 0 saturated carbocycles. The highest BCUT2D eigenvalue weighted by atomic mass is 35.5. The summed E-state index contributed by atoms with van der Waals surface area (Å²) in [6.45, 7) is 5.17. The van der Waals surface area contributed by atoms with Crippen molar-refractivity contribution >= 4 is 23.5 Å². The molecule has 1 heterocycles. The number of hydrogen-bond donors (Lipinski definition) is 2. The Hall–Kier alpha value is -1.69. The SMILES string of the molecule is CC(C)(C)[C@@H](NC(=O)c1ccc(Cl)nn1)C(=O)O. The Morgan fingerprint density at radius 3 is 2.33 bits per heavy atom. The fraction of sp³-hybridized carbons (Fsp3) is 0.455. The molecule has 0 bridgehead atoms. The number of nitrogens with one attached hydrogen (secondary N) is 1. The number of carboxylic acids is 1. The van der Waals surface area contributed by atoms with Gasteiger partial charge in [0.2, 0.25) is 0 Å². The highest BCUT2D eigenvalue weighted by molar-refractivity contribution is 6.29. The van der Waals surface area contributed by atoms with E-state index in [9.17, 15) is 9.59 Å². The molecule has 1 atom stereocenters. The van der Waals surface area contributed by atoms with Crippen LogP contribution in [0.4, 0.5) is 0 Å². The summed E-state index contributed by atoms with van der Waals surface area (Å²) in [5, 5.41) is 18.8. The first-order chi connectivity index (χ1) is 8.21. The number of carbonyl (C=O) groups is 2. The molecule has 2 N–H and O–H groups in total. The van der Waals surface area contributed by atoms with E-state index in [1.807, 2.05) is 0 Å². The van der Waals surface area contributed by atoms with Crippen LogP contribution in [0.3, 0.4) is 0 Å². The summed E-state index contributed by atoms with van der Waals surface area (Å²) in [6.07, 6.45) is 0. The first-order valence-corrected chi connectivity index (χ1v) is 5.62. The molecule has 0 aliphatic heterocycles. The van der Waals surface area contributed by atoms with Gasteiger partial charge in [-0.05, 0) is 17.5 Å². The molecule has 7 heteroatoms. The molecule has 0 unspecified atom stereocenters. The van der Waals surface area contributed by atoms with Crippen LogP contribution in [0.15, 0.2) is 12.1 Å². The molecule has 1 aromatic rings. The summed E-state index contributed by atoms with van der Waals surface area (Å²) >= 11 is 5.55. The van der Waals surface area contributed by atoms with Gasteiger partial charge in [-0.25, -0.2) is 4.79 Å². The predicted molar refractivity (Wildman–Crippen MR) is 65.4 cm³/mol. The molecule has 1 amide bonds. The van der Waals surface area contributed by atoms with Crippen molar-refractivity contribution in [2.24, 2.45) is 5.41 Å². The van der Waals surface area contributed by atoms with E-state index in [0.717, 1.165) is 0 Å². The van der Waals surface area contributed by atoms with Crippen molar-refractivity contribution in [1.29, 1.82) is 0 Å². The molecule has 98 valence electrons. The van der Waals surface area contributed by atoms with Gasteiger partial charge in [0.25, 0.3) is 5.91 Å². The van der Waals surface area contributed by atoms with Gasteiger partial charge in [-0.3, -0.25) is 4.79 Å². The smallest absolute Gasteiger partial charge is 0.326 e. The molecule has 18 heavy (non-hydrogen) atoms. The van der Waals surface area contributed by atoms with E-state index in [0.29, 0.717) is 0 Å². The molecule has 6 nitrogen and oxygen atoms in total. The van der Waals surface area contributed by atoms with Crippen molar-refractivity contribution in [3.05, 3.63) is 23.0 Å². The Balaban J connectivity index is 2.86. The van der Waals surface area contributed by atoms with Gasteiger partial charge in [-0.2, -0.15) is 0 Å². The molecule has 1 rings (SSSR count). The predicted octanol–water partition coefficient (Wildman–Crippen LogP) is 1.36. The summed E-state index contributed by atoms with van der Waals surface area (Å²) in [7, 11) is 0. The van der Waals surface area contributed by atoms with Gasteiger partial charge in [-0.15, -0.1) is 10.2 Å². The topological polar surface area (TPSA) is 92.2 Å². The van der Waals surface area contributed by atoms with Crippen molar-refractivity contribution in [1.82, 2.24) is 15.5 Å². The summed E-state index contributed by atoms with van der Waals surface area (Å²) < 4.78 is 0. The van der Waals surface area contributed by atoms with E-state index in [4.69, 9.17) is 16.7 Å². The number of hydrogen-bond acceptors (Lipinski definition) is 4. The maximum atomic E-state index is 11.8. The summed E-state index contributed by atoms with van der Waals surface area (Å²) in [4.78, 5) is 22.9. The maximum absolute atomic E-state index is 11.8. The highest BCUT2D eigenvalue weighted by Gasteiger charge is 2.33. The average molecular weight is 272 g/mol. The zero-order valence-corrected chi connectivity index (χ0v) is 11.0. The molecule has 0 spiro atoms. The van der Waals surface area contributed by atoms with E-state index < -0.39 is 23.3 Å². The number of aromatic nitrogens is 2. The summed E-state index contributed by atoms with van der Waals surface area (Å²) in [5.41, 5.74) is -0.587. The molecular formula is C11H14ClN3O3. The third kappa shape index (κ3) is 3.66. The molecular weight excluding hydrogens is 258 g/mol. The average Bonchev–Trinajstić information content (AvgIpc) is 2.24. The van der Waals surface area contributed by atoms with Crippen LogP contribution in [0.2, 0.25) is 5.15 Å². The second kappa shape index (κ2) is 5.30. The largest absolute Gasteiger partial charge is 0.480 e. The lowest BCUT2D eigenvalue weighted by molar-refractivity contribution is -0.142.